The molecule has 15 heavy (non-hydrogen) atoms. The Balaban J connectivity index is 2.42. The van der Waals surface area contributed by atoms with E-state index in [9.17, 15) is 4.21 Å². The van der Waals surface area contributed by atoms with Crippen LogP contribution >= 0.6 is 0 Å². The van der Waals surface area contributed by atoms with Crippen LogP contribution in [0.2, 0.25) is 0 Å². The Morgan fingerprint density at radius 2 is 1.80 bits per heavy atom. The zero-order chi connectivity index (χ0) is 10.7. The Kier molecular flexibility index (Phi) is 2.92. The van der Waals surface area contributed by atoms with Crippen LogP contribution in [-0.4, -0.2) is 9.19 Å². The smallest absolute Gasteiger partial charge is 0.132 e. The minimum atomic E-state index is -1.17. The molecule has 0 fully saturated rings. The summed E-state index contributed by atoms with van der Waals surface area (Å²) in [5.74, 6) is 0. The van der Waals surface area contributed by atoms with E-state index in [4.69, 9.17) is 0 Å². The van der Waals surface area contributed by atoms with E-state index < -0.39 is 10.8 Å². The third-order valence-corrected chi connectivity index (χ3v) is 3.60. The quantitative estimate of drug-likeness (QED) is 0.773. The van der Waals surface area contributed by atoms with Gasteiger partial charge in [0.1, 0.15) is 15.8 Å². The van der Waals surface area contributed by atoms with Gasteiger partial charge in [-0.1, -0.05) is 24.3 Å². The van der Waals surface area contributed by atoms with Gasteiger partial charge in [-0.15, -0.1) is 0 Å². The standard InChI is InChI=1S/C12H11NOS/c1-10-6-2-3-7-11(10)15(14)12-8-4-5-9-13-12/h2-9H,1H3/t15-/m1/s1. The second-order valence-electron chi connectivity index (χ2n) is 3.20. The zero-order valence-electron chi connectivity index (χ0n) is 8.38. The highest BCUT2D eigenvalue weighted by molar-refractivity contribution is 7.85. The number of nitrogens with zero attached hydrogens (tertiary/aromatic N) is 1. The number of hydrogen-bond acceptors (Lipinski definition) is 2. The summed E-state index contributed by atoms with van der Waals surface area (Å²) < 4.78 is 12.1. The van der Waals surface area contributed by atoms with Gasteiger partial charge >= 0.3 is 0 Å². The molecule has 0 aliphatic carbocycles. The van der Waals surface area contributed by atoms with Crippen molar-refractivity contribution in [1.29, 1.82) is 0 Å². The van der Waals surface area contributed by atoms with Gasteiger partial charge in [0.15, 0.2) is 0 Å². The van der Waals surface area contributed by atoms with Gasteiger partial charge in [-0.3, -0.25) is 0 Å². The van der Waals surface area contributed by atoms with Crippen LogP contribution in [0.4, 0.5) is 0 Å². The fourth-order valence-corrected chi connectivity index (χ4v) is 2.48. The minimum absolute atomic E-state index is 0.604. The van der Waals surface area contributed by atoms with Crippen LogP contribution in [0.5, 0.6) is 0 Å². The third kappa shape index (κ3) is 2.13. The van der Waals surface area contributed by atoms with E-state index in [2.05, 4.69) is 4.98 Å². The van der Waals surface area contributed by atoms with Crippen molar-refractivity contribution in [3.8, 4) is 0 Å². The van der Waals surface area contributed by atoms with Crippen molar-refractivity contribution in [3.05, 3.63) is 54.2 Å². The van der Waals surface area contributed by atoms with E-state index in [1.54, 1.807) is 12.3 Å². The second kappa shape index (κ2) is 4.36. The van der Waals surface area contributed by atoms with Gasteiger partial charge in [-0.25, -0.2) is 9.19 Å². The molecule has 0 spiro atoms. The summed E-state index contributed by atoms with van der Waals surface area (Å²) in [4.78, 5) is 4.93. The van der Waals surface area contributed by atoms with Crippen LogP contribution in [0.1, 0.15) is 5.56 Å². The predicted molar refractivity (Wildman–Crippen MR) is 60.1 cm³/mol. The first kappa shape index (κ1) is 10.1. The number of rotatable bonds is 2. The molecule has 0 radical (unpaired) electrons. The first-order valence-corrected chi connectivity index (χ1v) is 5.82. The fraction of sp³-hybridized carbons (Fsp3) is 0.0833. The molecule has 0 aliphatic rings. The summed E-state index contributed by atoms with van der Waals surface area (Å²) in [7, 11) is -1.17. The monoisotopic (exact) mass is 217 g/mol. The van der Waals surface area contributed by atoms with Crippen molar-refractivity contribution >= 4 is 10.8 Å². The van der Waals surface area contributed by atoms with E-state index in [1.165, 1.54) is 0 Å². The Bertz CT molecular complexity index is 482. The molecule has 0 saturated carbocycles. The highest BCUT2D eigenvalue weighted by Gasteiger charge is 2.09. The third-order valence-electron chi connectivity index (χ3n) is 2.12. The van der Waals surface area contributed by atoms with Crippen molar-refractivity contribution in [2.75, 3.05) is 0 Å². The SMILES string of the molecule is Cc1ccccc1[S@@](=O)c1ccccn1. The van der Waals surface area contributed by atoms with Crippen LogP contribution in [0.15, 0.2) is 58.6 Å². The lowest BCUT2D eigenvalue weighted by Crippen LogP contribution is -1.97. The molecule has 3 heteroatoms. The molecule has 0 amide bonds. The molecule has 0 bridgehead atoms. The molecule has 1 aromatic heterocycles. The largest absolute Gasteiger partial charge is 0.247 e. The van der Waals surface area contributed by atoms with E-state index >= 15 is 0 Å². The lowest BCUT2D eigenvalue weighted by atomic mass is 10.2. The van der Waals surface area contributed by atoms with E-state index in [0.29, 0.717) is 5.03 Å². The maximum atomic E-state index is 12.1. The van der Waals surface area contributed by atoms with Crippen LogP contribution in [0, 0.1) is 6.92 Å². The average molecular weight is 217 g/mol. The van der Waals surface area contributed by atoms with E-state index in [-0.39, 0.29) is 0 Å². The van der Waals surface area contributed by atoms with Crippen LogP contribution in [-0.2, 0) is 10.8 Å². The molecule has 2 rings (SSSR count). The molecule has 1 heterocycles. The molecule has 0 N–H and O–H groups in total. The van der Waals surface area contributed by atoms with E-state index in [0.717, 1.165) is 10.5 Å². The van der Waals surface area contributed by atoms with Gasteiger partial charge in [0.25, 0.3) is 0 Å². The van der Waals surface area contributed by atoms with Crippen LogP contribution in [0.3, 0.4) is 0 Å². The highest BCUT2D eigenvalue weighted by atomic mass is 32.2. The first-order chi connectivity index (χ1) is 7.29. The van der Waals surface area contributed by atoms with Crippen molar-refractivity contribution < 1.29 is 4.21 Å². The number of aromatic nitrogens is 1. The molecule has 2 nitrogen and oxygen atoms in total. The van der Waals surface area contributed by atoms with Gasteiger partial charge in [0, 0.05) is 11.1 Å². The number of pyridine rings is 1. The Morgan fingerprint density at radius 3 is 2.47 bits per heavy atom. The molecule has 1 aromatic carbocycles. The molecule has 0 aliphatic heterocycles. The van der Waals surface area contributed by atoms with E-state index in [1.807, 2.05) is 43.3 Å². The molecule has 76 valence electrons. The van der Waals surface area contributed by atoms with Crippen LogP contribution in [0.25, 0.3) is 0 Å². The van der Waals surface area contributed by atoms with Crippen molar-refractivity contribution in [2.24, 2.45) is 0 Å². The maximum absolute atomic E-state index is 12.1. The minimum Gasteiger partial charge on any atom is -0.247 e. The molecule has 0 unspecified atom stereocenters. The predicted octanol–water partition coefficient (Wildman–Crippen LogP) is 2.56. The molecular formula is C12H11NOS. The lowest BCUT2D eigenvalue weighted by Gasteiger charge is -2.03. The summed E-state index contributed by atoms with van der Waals surface area (Å²) in [6.45, 7) is 1.95. The molecule has 2 aromatic rings. The summed E-state index contributed by atoms with van der Waals surface area (Å²) in [6, 6.07) is 13.1. The Morgan fingerprint density at radius 1 is 1.07 bits per heavy atom. The van der Waals surface area contributed by atoms with Gasteiger partial charge in [0.2, 0.25) is 0 Å². The Hall–Kier alpha value is -1.48. The first-order valence-electron chi connectivity index (χ1n) is 4.67. The summed E-state index contributed by atoms with van der Waals surface area (Å²) in [6.07, 6.45) is 1.66. The van der Waals surface area contributed by atoms with Crippen LogP contribution < -0.4 is 0 Å². The zero-order valence-corrected chi connectivity index (χ0v) is 9.20. The van der Waals surface area contributed by atoms with Gasteiger partial charge in [-0.2, -0.15) is 0 Å². The summed E-state index contributed by atoms with van der Waals surface area (Å²) >= 11 is 0. The highest BCUT2D eigenvalue weighted by Crippen LogP contribution is 2.17. The fourth-order valence-electron chi connectivity index (χ4n) is 1.33. The molecule has 0 saturated heterocycles. The number of aryl methyl sites for hydroxylation is 1. The maximum Gasteiger partial charge on any atom is 0.132 e. The summed E-state index contributed by atoms with van der Waals surface area (Å²) in [5.41, 5.74) is 1.03. The van der Waals surface area contributed by atoms with Gasteiger partial charge in [-0.05, 0) is 30.7 Å². The molecular weight excluding hydrogens is 206 g/mol. The topological polar surface area (TPSA) is 30.0 Å². The van der Waals surface area contributed by atoms with Crippen molar-refractivity contribution in [3.63, 3.8) is 0 Å². The normalized spacial score (nSPS) is 12.3. The van der Waals surface area contributed by atoms with Gasteiger partial charge in [0.05, 0.1) is 0 Å². The lowest BCUT2D eigenvalue weighted by molar-refractivity contribution is 0.680. The van der Waals surface area contributed by atoms with Crippen molar-refractivity contribution in [2.45, 2.75) is 16.8 Å². The average Bonchev–Trinajstić information content (AvgIpc) is 2.30. The Labute approximate surface area is 91.4 Å². The number of hydrogen-bond donors (Lipinski definition) is 0. The molecule has 1 atom stereocenters. The van der Waals surface area contributed by atoms with Gasteiger partial charge < -0.3 is 0 Å². The van der Waals surface area contributed by atoms with Crippen molar-refractivity contribution in [1.82, 2.24) is 4.98 Å². The number of benzene rings is 1. The second-order valence-corrected chi connectivity index (χ2v) is 4.60. The summed E-state index contributed by atoms with van der Waals surface area (Å²) in [5, 5.41) is 0.604.